The van der Waals surface area contributed by atoms with E-state index in [0.29, 0.717) is 4.47 Å². The number of thiophene rings is 1. The van der Waals surface area contributed by atoms with E-state index in [9.17, 15) is 4.39 Å². The lowest BCUT2D eigenvalue weighted by atomic mass is 10.2. The van der Waals surface area contributed by atoms with Crippen molar-refractivity contribution in [2.45, 2.75) is 6.54 Å². The fourth-order valence-corrected chi connectivity index (χ4v) is 2.71. The van der Waals surface area contributed by atoms with Crippen molar-refractivity contribution in [3.63, 3.8) is 0 Å². The zero-order valence-corrected chi connectivity index (χ0v) is 11.2. The highest BCUT2D eigenvalue weighted by Gasteiger charge is 2.05. The molecule has 0 radical (unpaired) electrons. The van der Waals surface area contributed by atoms with Gasteiger partial charge in [0.25, 0.3) is 0 Å². The molecule has 0 spiro atoms. The zero-order chi connectivity index (χ0) is 11.5. The first-order valence-corrected chi connectivity index (χ1v) is 6.50. The first kappa shape index (κ1) is 11.8. The molecule has 0 aliphatic heterocycles. The molecule has 0 saturated heterocycles. The van der Waals surface area contributed by atoms with Crippen molar-refractivity contribution in [3.05, 3.63) is 45.5 Å². The van der Waals surface area contributed by atoms with E-state index in [1.807, 2.05) is 19.2 Å². The summed E-state index contributed by atoms with van der Waals surface area (Å²) in [6.07, 6.45) is 0. The molecule has 0 fully saturated rings. The van der Waals surface area contributed by atoms with Gasteiger partial charge in [0.2, 0.25) is 0 Å². The molecule has 0 aliphatic rings. The van der Waals surface area contributed by atoms with Crippen LogP contribution in [0.2, 0.25) is 0 Å². The van der Waals surface area contributed by atoms with Crippen LogP contribution in [-0.2, 0) is 6.54 Å². The maximum absolute atomic E-state index is 13.4. The van der Waals surface area contributed by atoms with Crippen LogP contribution >= 0.6 is 27.3 Å². The van der Waals surface area contributed by atoms with Gasteiger partial charge in [-0.1, -0.05) is 6.07 Å². The van der Waals surface area contributed by atoms with Gasteiger partial charge in [-0.3, -0.25) is 0 Å². The number of nitrogens with one attached hydrogen (secondary N) is 1. The van der Waals surface area contributed by atoms with Crippen molar-refractivity contribution in [2.75, 3.05) is 7.05 Å². The molecule has 0 atom stereocenters. The van der Waals surface area contributed by atoms with E-state index in [1.54, 1.807) is 23.5 Å². The maximum atomic E-state index is 13.4. The first-order valence-electron chi connectivity index (χ1n) is 4.89. The number of hydrogen-bond donors (Lipinski definition) is 1. The van der Waals surface area contributed by atoms with E-state index in [0.717, 1.165) is 17.0 Å². The van der Waals surface area contributed by atoms with Gasteiger partial charge in [-0.25, -0.2) is 4.39 Å². The van der Waals surface area contributed by atoms with Gasteiger partial charge in [0.05, 0.1) is 4.47 Å². The maximum Gasteiger partial charge on any atom is 0.138 e. The van der Waals surface area contributed by atoms with Crippen molar-refractivity contribution in [3.8, 4) is 10.4 Å². The lowest BCUT2D eigenvalue weighted by Crippen LogP contribution is -2.02. The second-order valence-electron chi connectivity index (χ2n) is 3.43. The van der Waals surface area contributed by atoms with Crippen LogP contribution in [0.1, 0.15) is 4.88 Å². The Morgan fingerprint density at radius 3 is 2.81 bits per heavy atom. The summed E-state index contributed by atoms with van der Waals surface area (Å²) in [5, 5.41) is 3.10. The molecule has 4 heteroatoms. The summed E-state index contributed by atoms with van der Waals surface area (Å²) in [6.45, 7) is 0.851. The SMILES string of the molecule is CNCc1ccc(-c2ccc(Br)c(F)c2)s1. The molecule has 1 aromatic heterocycles. The smallest absolute Gasteiger partial charge is 0.138 e. The zero-order valence-electron chi connectivity index (χ0n) is 8.76. The van der Waals surface area contributed by atoms with Crippen LogP contribution in [0.25, 0.3) is 10.4 Å². The van der Waals surface area contributed by atoms with E-state index < -0.39 is 0 Å². The molecule has 0 bridgehead atoms. The minimum atomic E-state index is -0.221. The molecule has 0 amide bonds. The van der Waals surface area contributed by atoms with Crippen molar-refractivity contribution in [2.24, 2.45) is 0 Å². The van der Waals surface area contributed by atoms with Crippen molar-refractivity contribution in [1.82, 2.24) is 5.32 Å². The molecule has 2 rings (SSSR count). The largest absolute Gasteiger partial charge is 0.315 e. The van der Waals surface area contributed by atoms with Gasteiger partial charge in [-0.2, -0.15) is 0 Å². The van der Waals surface area contributed by atoms with E-state index >= 15 is 0 Å². The quantitative estimate of drug-likeness (QED) is 0.902. The molecule has 84 valence electrons. The summed E-state index contributed by atoms with van der Waals surface area (Å²) in [7, 11) is 1.92. The summed E-state index contributed by atoms with van der Waals surface area (Å²) in [5.41, 5.74) is 0.924. The van der Waals surface area contributed by atoms with Crippen molar-refractivity contribution in [1.29, 1.82) is 0 Å². The Morgan fingerprint density at radius 1 is 1.31 bits per heavy atom. The van der Waals surface area contributed by atoms with Crippen LogP contribution in [-0.4, -0.2) is 7.05 Å². The fourth-order valence-electron chi connectivity index (χ4n) is 1.45. The molecule has 0 unspecified atom stereocenters. The third kappa shape index (κ3) is 2.51. The Labute approximate surface area is 106 Å². The molecule has 1 aromatic carbocycles. The monoisotopic (exact) mass is 299 g/mol. The predicted octanol–water partition coefficient (Wildman–Crippen LogP) is 4.04. The predicted molar refractivity (Wildman–Crippen MR) is 70.2 cm³/mol. The van der Waals surface area contributed by atoms with Gasteiger partial charge in [0, 0.05) is 16.3 Å². The van der Waals surface area contributed by atoms with Crippen LogP contribution < -0.4 is 5.32 Å². The second kappa shape index (κ2) is 5.08. The van der Waals surface area contributed by atoms with Gasteiger partial charge in [0.15, 0.2) is 0 Å². The average molecular weight is 300 g/mol. The summed E-state index contributed by atoms with van der Waals surface area (Å²) in [6, 6.07) is 9.31. The summed E-state index contributed by atoms with van der Waals surface area (Å²) < 4.78 is 13.9. The molecule has 0 saturated carbocycles. The highest BCUT2D eigenvalue weighted by Crippen LogP contribution is 2.30. The molecule has 1 heterocycles. The number of hydrogen-bond acceptors (Lipinski definition) is 2. The molecule has 2 aromatic rings. The van der Waals surface area contributed by atoms with Crippen LogP contribution in [0, 0.1) is 5.82 Å². The van der Waals surface area contributed by atoms with Gasteiger partial charge in [0.1, 0.15) is 5.82 Å². The number of benzene rings is 1. The molecule has 0 aliphatic carbocycles. The lowest BCUT2D eigenvalue weighted by molar-refractivity contribution is 0.622. The molecular formula is C12H11BrFNS. The van der Waals surface area contributed by atoms with Crippen LogP contribution in [0.4, 0.5) is 4.39 Å². The first-order chi connectivity index (χ1) is 7.70. The van der Waals surface area contributed by atoms with Crippen LogP contribution in [0.5, 0.6) is 0 Å². The Kier molecular flexibility index (Phi) is 3.74. The summed E-state index contributed by atoms with van der Waals surface area (Å²) in [5.74, 6) is -0.221. The standard InChI is InChI=1S/C12H11BrFNS/c1-15-7-9-3-5-12(16-9)8-2-4-10(13)11(14)6-8/h2-6,15H,7H2,1H3. The second-order valence-corrected chi connectivity index (χ2v) is 5.45. The van der Waals surface area contributed by atoms with Crippen LogP contribution in [0.3, 0.4) is 0 Å². The van der Waals surface area contributed by atoms with Gasteiger partial charge < -0.3 is 5.32 Å². The minimum absolute atomic E-state index is 0.221. The van der Waals surface area contributed by atoms with E-state index in [1.165, 1.54) is 4.88 Å². The Hall–Kier alpha value is -0.710. The molecule has 1 nitrogen and oxygen atoms in total. The van der Waals surface area contributed by atoms with E-state index in [4.69, 9.17) is 0 Å². The van der Waals surface area contributed by atoms with Crippen LogP contribution in [0.15, 0.2) is 34.8 Å². The molecule has 1 N–H and O–H groups in total. The van der Waals surface area contributed by atoms with Gasteiger partial charge in [-0.15, -0.1) is 11.3 Å². The lowest BCUT2D eigenvalue weighted by Gasteiger charge is -1.99. The highest BCUT2D eigenvalue weighted by atomic mass is 79.9. The van der Waals surface area contributed by atoms with Gasteiger partial charge >= 0.3 is 0 Å². The van der Waals surface area contributed by atoms with Crippen molar-refractivity contribution >= 4 is 27.3 Å². The number of rotatable bonds is 3. The normalized spacial score (nSPS) is 10.7. The average Bonchev–Trinajstić information content (AvgIpc) is 2.71. The topological polar surface area (TPSA) is 12.0 Å². The third-order valence-electron chi connectivity index (χ3n) is 2.22. The highest BCUT2D eigenvalue weighted by molar-refractivity contribution is 9.10. The molecule has 16 heavy (non-hydrogen) atoms. The Morgan fingerprint density at radius 2 is 2.12 bits per heavy atom. The number of halogens is 2. The van der Waals surface area contributed by atoms with Gasteiger partial charge in [-0.05, 0) is 52.8 Å². The van der Waals surface area contributed by atoms with Crippen molar-refractivity contribution < 1.29 is 4.39 Å². The van der Waals surface area contributed by atoms with E-state index in [2.05, 4.69) is 27.3 Å². The third-order valence-corrected chi connectivity index (χ3v) is 3.99. The summed E-state index contributed by atoms with van der Waals surface area (Å²) >= 11 is 4.83. The molecular weight excluding hydrogens is 289 g/mol. The fraction of sp³-hybridized carbons (Fsp3) is 0.167. The summed E-state index contributed by atoms with van der Waals surface area (Å²) in [4.78, 5) is 2.34. The Balaban J connectivity index is 2.31. The Bertz CT molecular complexity index is 496. The van der Waals surface area contributed by atoms with E-state index in [-0.39, 0.29) is 5.82 Å². The minimum Gasteiger partial charge on any atom is -0.315 e.